The lowest BCUT2D eigenvalue weighted by Crippen LogP contribution is -2.32. The number of rotatable bonds is 7. The van der Waals surface area contributed by atoms with Crippen molar-refractivity contribution < 1.29 is 9.53 Å². The molecular formula is C22H22N2O2. The predicted octanol–water partition coefficient (Wildman–Crippen LogP) is 4.34. The number of nitrogens with zero attached hydrogens (tertiary/aromatic N) is 1. The highest BCUT2D eigenvalue weighted by Crippen LogP contribution is 2.19. The van der Waals surface area contributed by atoms with Gasteiger partial charge in [-0.15, -0.1) is 0 Å². The van der Waals surface area contributed by atoms with Crippen LogP contribution < -0.4 is 15.0 Å². The molecular weight excluding hydrogens is 324 g/mol. The Labute approximate surface area is 154 Å². The van der Waals surface area contributed by atoms with Crippen LogP contribution in [0.25, 0.3) is 0 Å². The third kappa shape index (κ3) is 4.86. The molecule has 0 heterocycles. The monoisotopic (exact) mass is 346 g/mol. The number of ether oxygens (including phenoxy) is 1. The summed E-state index contributed by atoms with van der Waals surface area (Å²) in [5.41, 5.74) is 2.84. The molecule has 0 saturated carbocycles. The van der Waals surface area contributed by atoms with Crippen molar-refractivity contribution in [1.29, 1.82) is 0 Å². The van der Waals surface area contributed by atoms with E-state index in [1.54, 1.807) is 11.9 Å². The molecule has 0 aliphatic carbocycles. The molecule has 3 aromatic rings. The van der Waals surface area contributed by atoms with E-state index in [-0.39, 0.29) is 12.5 Å². The van der Waals surface area contributed by atoms with Gasteiger partial charge in [0.25, 0.3) is 0 Å². The molecule has 4 heteroatoms. The molecule has 0 atom stereocenters. The molecule has 0 aliphatic rings. The summed E-state index contributed by atoms with van der Waals surface area (Å²) in [5.74, 6) is 0.759. The normalized spacial score (nSPS) is 10.2. The minimum atomic E-state index is -0.00759. The lowest BCUT2D eigenvalue weighted by molar-refractivity contribution is -0.116. The second kappa shape index (κ2) is 8.72. The van der Waals surface area contributed by atoms with Gasteiger partial charge in [-0.05, 0) is 29.8 Å². The van der Waals surface area contributed by atoms with E-state index in [0.717, 1.165) is 22.7 Å². The second-order valence-corrected chi connectivity index (χ2v) is 5.94. The summed E-state index contributed by atoms with van der Waals surface area (Å²) < 4.78 is 5.82. The van der Waals surface area contributed by atoms with E-state index < -0.39 is 0 Å². The fraction of sp³-hybridized carbons (Fsp3) is 0.136. The number of hydrogen-bond donors (Lipinski definition) is 1. The molecule has 0 bridgehead atoms. The number of nitrogens with one attached hydrogen (secondary N) is 1. The van der Waals surface area contributed by atoms with Gasteiger partial charge >= 0.3 is 0 Å². The van der Waals surface area contributed by atoms with Crippen LogP contribution >= 0.6 is 0 Å². The van der Waals surface area contributed by atoms with Crippen molar-refractivity contribution in [2.75, 3.05) is 23.8 Å². The highest BCUT2D eigenvalue weighted by molar-refractivity contribution is 5.95. The zero-order chi connectivity index (χ0) is 18.2. The van der Waals surface area contributed by atoms with Crippen LogP contribution in [0.15, 0.2) is 84.9 Å². The fourth-order valence-corrected chi connectivity index (χ4v) is 2.53. The molecule has 4 nitrogen and oxygen atoms in total. The summed E-state index contributed by atoms with van der Waals surface area (Å²) in [7, 11) is 1.78. The molecule has 0 fully saturated rings. The molecule has 0 aliphatic heterocycles. The second-order valence-electron chi connectivity index (χ2n) is 5.94. The Hall–Kier alpha value is -3.27. The SMILES string of the molecule is CN(C(=O)CNc1cccc(OCc2ccccc2)c1)c1ccccc1. The van der Waals surface area contributed by atoms with E-state index in [1.165, 1.54) is 0 Å². The Morgan fingerprint density at radius 3 is 2.35 bits per heavy atom. The van der Waals surface area contributed by atoms with Crippen LogP contribution in [0.2, 0.25) is 0 Å². The first-order valence-corrected chi connectivity index (χ1v) is 8.54. The number of carbonyl (C=O) groups is 1. The van der Waals surface area contributed by atoms with Gasteiger partial charge in [-0.2, -0.15) is 0 Å². The Bertz CT molecular complexity index is 835. The maximum Gasteiger partial charge on any atom is 0.246 e. The lowest BCUT2D eigenvalue weighted by Gasteiger charge is -2.18. The molecule has 1 amide bonds. The number of benzene rings is 3. The molecule has 0 spiro atoms. The van der Waals surface area contributed by atoms with Crippen LogP contribution in [-0.2, 0) is 11.4 Å². The maximum atomic E-state index is 12.3. The molecule has 0 saturated heterocycles. The molecule has 0 unspecified atom stereocenters. The van der Waals surface area contributed by atoms with Gasteiger partial charge in [-0.1, -0.05) is 54.6 Å². The summed E-state index contributed by atoms with van der Waals surface area (Å²) in [4.78, 5) is 14.0. The van der Waals surface area contributed by atoms with Gasteiger partial charge in [-0.3, -0.25) is 4.79 Å². The lowest BCUT2D eigenvalue weighted by atomic mass is 10.2. The van der Waals surface area contributed by atoms with Crippen LogP contribution in [0.3, 0.4) is 0 Å². The van der Waals surface area contributed by atoms with E-state index in [2.05, 4.69) is 5.32 Å². The summed E-state index contributed by atoms with van der Waals surface area (Å²) in [6, 6.07) is 27.3. The molecule has 1 N–H and O–H groups in total. The van der Waals surface area contributed by atoms with Crippen LogP contribution in [-0.4, -0.2) is 19.5 Å². The van der Waals surface area contributed by atoms with Crippen molar-refractivity contribution in [2.45, 2.75) is 6.61 Å². The molecule has 132 valence electrons. The first kappa shape index (κ1) is 17.5. The van der Waals surface area contributed by atoms with Gasteiger partial charge in [0, 0.05) is 24.5 Å². The van der Waals surface area contributed by atoms with Crippen LogP contribution in [0.5, 0.6) is 5.75 Å². The minimum Gasteiger partial charge on any atom is -0.489 e. The molecule has 3 aromatic carbocycles. The number of hydrogen-bond acceptors (Lipinski definition) is 3. The summed E-state index contributed by atoms with van der Waals surface area (Å²) >= 11 is 0. The average molecular weight is 346 g/mol. The topological polar surface area (TPSA) is 41.6 Å². The number of anilines is 2. The average Bonchev–Trinajstić information content (AvgIpc) is 2.71. The largest absolute Gasteiger partial charge is 0.489 e. The summed E-state index contributed by atoms with van der Waals surface area (Å²) in [6.07, 6.45) is 0. The highest BCUT2D eigenvalue weighted by Gasteiger charge is 2.10. The number of amides is 1. The van der Waals surface area contributed by atoms with E-state index in [9.17, 15) is 4.79 Å². The van der Waals surface area contributed by atoms with E-state index in [4.69, 9.17) is 4.74 Å². The van der Waals surface area contributed by atoms with Crippen molar-refractivity contribution in [3.05, 3.63) is 90.5 Å². The first-order valence-electron chi connectivity index (χ1n) is 8.54. The van der Waals surface area contributed by atoms with E-state index in [0.29, 0.717) is 6.61 Å². The number of carbonyl (C=O) groups excluding carboxylic acids is 1. The zero-order valence-corrected chi connectivity index (χ0v) is 14.8. The molecule has 0 radical (unpaired) electrons. The van der Waals surface area contributed by atoms with Gasteiger partial charge in [-0.25, -0.2) is 0 Å². The van der Waals surface area contributed by atoms with Gasteiger partial charge in [0.15, 0.2) is 0 Å². The number of likely N-dealkylation sites (N-methyl/N-ethyl adjacent to an activating group) is 1. The Balaban J connectivity index is 1.54. The van der Waals surface area contributed by atoms with Gasteiger partial charge in [0.2, 0.25) is 5.91 Å². The standard InChI is InChI=1S/C22H22N2O2/c1-24(20-12-6-3-7-13-20)22(25)16-23-19-11-8-14-21(15-19)26-17-18-9-4-2-5-10-18/h2-15,23H,16-17H2,1H3. The van der Waals surface area contributed by atoms with E-state index >= 15 is 0 Å². The van der Waals surface area contributed by atoms with Crippen LogP contribution in [0, 0.1) is 0 Å². The van der Waals surface area contributed by atoms with Crippen LogP contribution in [0.4, 0.5) is 11.4 Å². The third-order valence-electron chi connectivity index (χ3n) is 4.04. The van der Waals surface area contributed by atoms with Gasteiger partial charge in [0.05, 0.1) is 6.54 Å². The zero-order valence-electron chi connectivity index (χ0n) is 14.8. The van der Waals surface area contributed by atoms with Gasteiger partial charge < -0.3 is 15.0 Å². The first-order chi connectivity index (χ1) is 12.7. The third-order valence-corrected chi connectivity index (χ3v) is 4.04. The van der Waals surface area contributed by atoms with Crippen LogP contribution in [0.1, 0.15) is 5.56 Å². The quantitative estimate of drug-likeness (QED) is 0.692. The van der Waals surface area contributed by atoms with Crippen molar-refractivity contribution in [3.8, 4) is 5.75 Å². The Kier molecular flexibility index (Phi) is 5.88. The Morgan fingerprint density at radius 2 is 1.62 bits per heavy atom. The number of para-hydroxylation sites is 1. The van der Waals surface area contributed by atoms with Crippen molar-refractivity contribution in [2.24, 2.45) is 0 Å². The Morgan fingerprint density at radius 1 is 0.923 bits per heavy atom. The predicted molar refractivity (Wildman–Crippen MR) is 106 cm³/mol. The van der Waals surface area contributed by atoms with Crippen molar-refractivity contribution >= 4 is 17.3 Å². The molecule has 26 heavy (non-hydrogen) atoms. The smallest absolute Gasteiger partial charge is 0.246 e. The summed E-state index contributed by atoms with van der Waals surface area (Å²) in [5, 5.41) is 3.16. The van der Waals surface area contributed by atoms with Crippen molar-refractivity contribution in [1.82, 2.24) is 0 Å². The molecule has 0 aromatic heterocycles. The summed E-state index contributed by atoms with van der Waals surface area (Å²) in [6.45, 7) is 0.730. The van der Waals surface area contributed by atoms with Gasteiger partial charge in [0.1, 0.15) is 12.4 Å². The maximum absolute atomic E-state index is 12.3. The minimum absolute atomic E-state index is 0.00759. The fourth-order valence-electron chi connectivity index (χ4n) is 2.53. The van der Waals surface area contributed by atoms with E-state index in [1.807, 2.05) is 84.9 Å². The molecule has 3 rings (SSSR count). The highest BCUT2D eigenvalue weighted by atomic mass is 16.5. The van der Waals surface area contributed by atoms with Crippen molar-refractivity contribution in [3.63, 3.8) is 0 Å².